The number of morpholine rings is 1. The summed E-state index contributed by atoms with van der Waals surface area (Å²) in [6.45, 7) is 3.06. The van der Waals surface area contributed by atoms with E-state index in [2.05, 4.69) is 29.6 Å². The molecule has 11 heteroatoms. The van der Waals surface area contributed by atoms with Crippen molar-refractivity contribution in [3.05, 3.63) is 84.5 Å². The number of fused-ring (bicyclic) bond motifs is 1. The van der Waals surface area contributed by atoms with Gasteiger partial charge in [-0.25, -0.2) is 23.4 Å². The van der Waals surface area contributed by atoms with Crippen LogP contribution < -0.4 is 9.62 Å². The normalized spacial score (nSPS) is 14.1. The molecule has 1 aromatic carbocycles. The van der Waals surface area contributed by atoms with Gasteiger partial charge in [-0.15, -0.1) is 0 Å². The Morgan fingerprint density at radius 2 is 1.63 bits per heavy atom. The van der Waals surface area contributed by atoms with Gasteiger partial charge in [0.25, 0.3) is 10.0 Å². The van der Waals surface area contributed by atoms with Crippen LogP contribution in [0.4, 0.5) is 11.5 Å². The summed E-state index contributed by atoms with van der Waals surface area (Å²) in [7, 11) is -3.83. The number of benzene rings is 1. The van der Waals surface area contributed by atoms with E-state index in [1.165, 1.54) is 12.1 Å². The standard InChI is InChI=1S/C27H23ClN6O3S/c28-26-24(33-38(35,36)21-4-2-1-3-5-21)13-20(15-30-26)19-12-22-23(17-32-27(22)31-16-19)18-6-7-25(29-14-18)34-8-10-37-11-9-34/h1-7,12-17,33H,8-11H2,(H,31,32). The molecular formula is C27H23ClN6O3S. The average molecular weight is 547 g/mol. The monoisotopic (exact) mass is 546 g/mol. The van der Waals surface area contributed by atoms with Gasteiger partial charge in [0.1, 0.15) is 11.5 Å². The first kappa shape index (κ1) is 24.4. The van der Waals surface area contributed by atoms with E-state index in [9.17, 15) is 8.42 Å². The fourth-order valence-corrected chi connectivity index (χ4v) is 5.69. The zero-order valence-corrected chi connectivity index (χ0v) is 21.7. The third-order valence-corrected chi connectivity index (χ3v) is 8.08. The van der Waals surface area contributed by atoms with Gasteiger partial charge in [0, 0.05) is 65.5 Å². The fraction of sp³-hybridized carbons (Fsp3) is 0.148. The molecule has 0 unspecified atom stereocenters. The number of H-pyrrole nitrogens is 1. The summed E-state index contributed by atoms with van der Waals surface area (Å²) >= 11 is 6.25. The lowest BCUT2D eigenvalue weighted by molar-refractivity contribution is 0.122. The second-order valence-corrected chi connectivity index (χ2v) is 10.8. The van der Waals surface area contributed by atoms with Crippen LogP contribution in [0.3, 0.4) is 0 Å². The van der Waals surface area contributed by atoms with Gasteiger partial charge in [0.15, 0.2) is 5.15 Å². The number of aromatic nitrogens is 4. The fourth-order valence-electron chi connectivity index (χ4n) is 4.41. The summed E-state index contributed by atoms with van der Waals surface area (Å²) in [5.41, 5.74) is 4.27. The van der Waals surface area contributed by atoms with Crippen LogP contribution in [0.2, 0.25) is 5.15 Å². The van der Waals surface area contributed by atoms with Crippen molar-refractivity contribution in [3.63, 3.8) is 0 Å². The minimum atomic E-state index is -3.83. The summed E-state index contributed by atoms with van der Waals surface area (Å²) in [5.74, 6) is 0.924. The van der Waals surface area contributed by atoms with E-state index >= 15 is 0 Å². The molecule has 0 spiro atoms. The van der Waals surface area contributed by atoms with Crippen molar-refractivity contribution in [1.82, 2.24) is 19.9 Å². The van der Waals surface area contributed by atoms with Gasteiger partial charge in [0.2, 0.25) is 0 Å². The summed E-state index contributed by atoms with van der Waals surface area (Å²) in [4.78, 5) is 19.0. The molecule has 5 aromatic rings. The highest BCUT2D eigenvalue weighted by molar-refractivity contribution is 7.92. The number of nitrogens with zero attached hydrogens (tertiary/aromatic N) is 4. The Morgan fingerprint density at radius 1 is 0.895 bits per heavy atom. The van der Waals surface area contributed by atoms with Gasteiger partial charge >= 0.3 is 0 Å². The minimum Gasteiger partial charge on any atom is -0.378 e. The lowest BCUT2D eigenvalue weighted by atomic mass is 10.0. The van der Waals surface area contributed by atoms with Crippen molar-refractivity contribution in [3.8, 4) is 22.3 Å². The van der Waals surface area contributed by atoms with Gasteiger partial charge in [-0.1, -0.05) is 29.8 Å². The number of hydrogen-bond acceptors (Lipinski definition) is 7. The van der Waals surface area contributed by atoms with Crippen LogP contribution in [0, 0.1) is 0 Å². The summed E-state index contributed by atoms with van der Waals surface area (Å²) < 4.78 is 33.7. The number of anilines is 2. The number of rotatable bonds is 6. The van der Waals surface area contributed by atoms with Crippen molar-refractivity contribution < 1.29 is 13.2 Å². The second kappa shape index (κ2) is 10.1. The number of halogens is 1. The molecule has 0 atom stereocenters. The maximum absolute atomic E-state index is 12.8. The summed E-state index contributed by atoms with van der Waals surface area (Å²) in [6, 6.07) is 15.8. The Bertz CT molecular complexity index is 1700. The summed E-state index contributed by atoms with van der Waals surface area (Å²) in [5, 5.41) is 0.959. The van der Waals surface area contributed by atoms with Crippen LogP contribution in [-0.2, 0) is 14.8 Å². The van der Waals surface area contributed by atoms with Crippen LogP contribution >= 0.6 is 11.6 Å². The van der Waals surface area contributed by atoms with E-state index in [1.54, 1.807) is 36.7 Å². The van der Waals surface area contributed by atoms with Gasteiger partial charge in [0.05, 0.1) is 23.8 Å². The molecule has 5 heterocycles. The molecule has 0 radical (unpaired) electrons. The molecule has 0 bridgehead atoms. The molecule has 1 fully saturated rings. The molecule has 38 heavy (non-hydrogen) atoms. The molecule has 1 aliphatic heterocycles. The smallest absolute Gasteiger partial charge is 0.261 e. The number of pyridine rings is 3. The highest BCUT2D eigenvalue weighted by Gasteiger charge is 2.18. The Balaban J connectivity index is 1.31. The first-order chi connectivity index (χ1) is 18.5. The van der Waals surface area contributed by atoms with E-state index < -0.39 is 10.0 Å². The van der Waals surface area contributed by atoms with Crippen molar-refractivity contribution in [2.75, 3.05) is 35.9 Å². The molecule has 9 nitrogen and oxygen atoms in total. The highest BCUT2D eigenvalue weighted by atomic mass is 35.5. The summed E-state index contributed by atoms with van der Waals surface area (Å²) in [6.07, 6.45) is 7.08. The first-order valence-corrected chi connectivity index (χ1v) is 13.8. The molecule has 4 aromatic heterocycles. The zero-order valence-electron chi connectivity index (χ0n) is 20.1. The Kier molecular flexibility index (Phi) is 6.44. The van der Waals surface area contributed by atoms with E-state index in [0.29, 0.717) is 18.8 Å². The lowest BCUT2D eigenvalue weighted by Crippen LogP contribution is -2.36. The van der Waals surface area contributed by atoms with E-state index in [1.807, 2.05) is 30.6 Å². The van der Waals surface area contributed by atoms with E-state index in [0.717, 1.165) is 46.6 Å². The van der Waals surface area contributed by atoms with Crippen LogP contribution in [-0.4, -0.2) is 54.7 Å². The number of ether oxygens (including phenoxy) is 1. The molecule has 6 rings (SSSR count). The Labute approximate surface area is 224 Å². The Morgan fingerprint density at radius 3 is 2.39 bits per heavy atom. The number of nitrogens with one attached hydrogen (secondary N) is 2. The molecule has 1 aliphatic rings. The topological polar surface area (TPSA) is 113 Å². The van der Waals surface area contributed by atoms with Crippen molar-refractivity contribution in [1.29, 1.82) is 0 Å². The third-order valence-electron chi connectivity index (χ3n) is 6.40. The van der Waals surface area contributed by atoms with Crippen molar-refractivity contribution in [2.24, 2.45) is 0 Å². The quantitative estimate of drug-likeness (QED) is 0.289. The predicted octanol–water partition coefficient (Wildman–Crippen LogP) is 4.98. The van der Waals surface area contributed by atoms with Crippen molar-refractivity contribution in [2.45, 2.75) is 4.90 Å². The van der Waals surface area contributed by atoms with Gasteiger partial charge in [-0.05, 0) is 36.4 Å². The van der Waals surface area contributed by atoms with Crippen LogP contribution in [0.5, 0.6) is 0 Å². The second-order valence-electron chi connectivity index (χ2n) is 8.81. The largest absolute Gasteiger partial charge is 0.378 e. The number of aromatic amines is 1. The van der Waals surface area contributed by atoms with E-state index in [-0.39, 0.29) is 15.7 Å². The van der Waals surface area contributed by atoms with Gasteiger partial charge in [-0.2, -0.15) is 0 Å². The highest BCUT2D eigenvalue weighted by Crippen LogP contribution is 2.33. The maximum atomic E-state index is 12.8. The molecular weight excluding hydrogens is 524 g/mol. The lowest BCUT2D eigenvalue weighted by Gasteiger charge is -2.27. The zero-order chi connectivity index (χ0) is 26.1. The van der Waals surface area contributed by atoms with Crippen LogP contribution in [0.1, 0.15) is 0 Å². The first-order valence-electron chi connectivity index (χ1n) is 12.0. The third kappa shape index (κ3) is 4.81. The van der Waals surface area contributed by atoms with Gasteiger partial charge < -0.3 is 14.6 Å². The molecule has 0 saturated carbocycles. The SMILES string of the molecule is O=S(=O)(Nc1cc(-c2cnc3[nH]cc(-c4ccc(N5CCOCC5)nc4)c3c2)cnc1Cl)c1ccccc1. The van der Waals surface area contributed by atoms with Crippen LogP contribution in [0.15, 0.2) is 84.3 Å². The number of hydrogen-bond donors (Lipinski definition) is 2. The molecule has 0 amide bonds. The van der Waals surface area contributed by atoms with E-state index in [4.69, 9.17) is 16.3 Å². The molecule has 1 saturated heterocycles. The minimum absolute atomic E-state index is 0.0519. The maximum Gasteiger partial charge on any atom is 0.261 e. The van der Waals surface area contributed by atoms with Crippen LogP contribution in [0.25, 0.3) is 33.3 Å². The molecule has 192 valence electrons. The molecule has 0 aliphatic carbocycles. The predicted molar refractivity (Wildman–Crippen MR) is 148 cm³/mol. The van der Waals surface area contributed by atoms with Gasteiger partial charge in [-0.3, -0.25) is 4.72 Å². The average Bonchev–Trinajstić information content (AvgIpc) is 3.38. The number of sulfonamides is 1. The Hall–Kier alpha value is -3.99. The molecule has 2 N–H and O–H groups in total. The van der Waals surface area contributed by atoms with Crippen molar-refractivity contribution >= 4 is 44.2 Å².